The number of aromatic nitrogens is 1. The third kappa shape index (κ3) is 5.10. The van der Waals surface area contributed by atoms with Crippen molar-refractivity contribution < 1.29 is 22.6 Å². The molecule has 0 amide bonds. The average molecular weight is 357 g/mol. The molecule has 1 radical (unpaired) electrons. The molecule has 1 aromatic heterocycles. The first-order valence-electron chi connectivity index (χ1n) is 7.53. The van der Waals surface area contributed by atoms with Gasteiger partial charge in [0.25, 0.3) is 0 Å². The highest BCUT2D eigenvalue weighted by Gasteiger charge is 2.31. The van der Waals surface area contributed by atoms with Gasteiger partial charge in [0.05, 0.1) is 11.9 Å². The van der Waals surface area contributed by atoms with Crippen LogP contribution in [-0.2, 0) is 6.54 Å². The molecule has 0 saturated carbocycles. The first kappa shape index (κ1) is 17.0. The second-order valence-corrected chi connectivity index (χ2v) is 6.40. The van der Waals surface area contributed by atoms with Crippen molar-refractivity contribution in [3.8, 4) is 11.5 Å². The monoisotopic (exact) mass is 357 g/mol. The number of rotatable bonds is 5. The van der Waals surface area contributed by atoms with Crippen LogP contribution in [0.5, 0.6) is 11.5 Å². The molecule has 1 saturated heterocycles. The van der Waals surface area contributed by atoms with E-state index < -0.39 is 6.36 Å². The Hall–Kier alpha value is -1.80. The van der Waals surface area contributed by atoms with Crippen molar-refractivity contribution in [3.05, 3.63) is 40.8 Å². The zero-order valence-electron chi connectivity index (χ0n) is 12.8. The van der Waals surface area contributed by atoms with Crippen molar-refractivity contribution in [2.45, 2.75) is 31.9 Å². The number of alkyl halides is 3. The molecule has 1 aliphatic heterocycles. The smallest absolute Gasteiger partial charge is 0.490 e. The molecule has 0 atom stereocenters. The minimum Gasteiger partial charge on any atom is -0.490 e. The van der Waals surface area contributed by atoms with Crippen LogP contribution in [0.4, 0.5) is 13.2 Å². The van der Waals surface area contributed by atoms with Gasteiger partial charge in [-0.15, -0.1) is 24.5 Å². The first-order valence-corrected chi connectivity index (χ1v) is 8.35. The Kier molecular flexibility index (Phi) is 5.25. The number of piperidine rings is 1. The van der Waals surface area contributed by atoms with E-state index in [9.17, 15) is 13.2 Å². The van der Waals surface area contributed by atoms with Crippen molar-refractivity contribution in [2.24, 2.45) is 0 Å². The van der Waals surface area contributed by atoms with Crippen molar-refractivity contribution in [1.29, 1.82) is 0 Å². The van der Waals surface area contributed by atoms with E-state index in [1.807, 2.05) is 0 Å². The second-order valence-electron chi connectivity index (χ2n) is 5.48. The topological polar surface area (TPSA) is 34.6 Å². The highest BCUT2D eigenvalue weighted by atomic mass is 32.1. The van der Waals surface area contributed by atoms with Gasteiger partial charge in [0.15, 0.2) is 0 Å². The Bertz CT molecular complexity index is 624. The van der Waals surface area contributed by atoms with E-state index in [1.54, 1.807) is 6.20 Å². The number of benzene rings is 1. The fourth-order valence-electron chi connectivity index (χ4n) is 2.58. The van der Waals surface area contributed by atoms with Gasteiger partial charge in [0.1, 0.15) is 22.6 Å². The minimum absolute atomic E-state index is 0.0680. The summed E-state index contributed by atoms with van der Waals surface area (Å²) >= 11 is 1.52. The summed E-state index contributed by atoms with van der Waals surface area (Å²) in [5, 5.41) is 4.03. The number of thiazole rings is 1. The lowest BCUT2D eigenvalue weighted by atomic mass is 10.1. The molecular weight excluding hydrogens is 341 g/mol. The van der Waals surface area contributed by atoms with Crippen LogP contribution in [0, 0.1) is 5.38 Å². The van der Waals surface area contributed by atoms with Gasteiger partial charge in [-0.05, 0) is 37.1 Å². The fourth-order valence-corrected chi connectivity index (χ4v) is 3.18. The molecule has 2 aromatic rings. The van der Waals surface area contributed by atoms with E-state index in [0.717, 1.165) is 37.5 Å². The summed E-state index contributed by atoms with van der Waals surface area (Å²) in [6, 6.07) is 5.52. The van der Waals surface area contributed by atoms with Crippen molar-refractivity contribution >= 4 is 11.3 Å². The van der Waals surface area contributed by atoms with Gasteiger partial charge < -0.3 is 9.47 Å². The van der Waals surface area contributed by atoms with Gasteiger partial charge >= 0.3 is 6.36 Å². The van der Waals surface area contributed by atoms with Gasteiger partial charge in [0.2, 0.25) is 0 Å². The van der Waals surface area contributed by atoms with E-state index in [4.69, 9.17) is 4.74 Å². The van der Waals surface area contributed by atoms with Gasteiger partial charge in [-0.3, -0.25) is 4.90 Å². The summed E-state index contributed by atoms with van der Waals surface area (Å²) < 4.78 is 46.1. The Balaban J connectivity index is 1.45. The summed E-state index contributed by atoms with van der Waals surface area (Å²) in [7, 11) is 0. The maximum Gasteiger partial charge on any atom is 0.573 e. The molecule has 3 rings (SSSR count). The van der Waals surface area contributed by atoms with Crippen LogP contribution in [0.25, 0.3) is 0 Å². The third-order valence-electron chi connectivity index (χ3n) is 3.69. The number of ether oxygens (including phenoxy) is 2. The maximum absolute atomic E-state index is 12.1. The van der Waals surface area contributed by atoms with Gasteiger partial charge in [0, 0.05) is 19.3 Å². The number of hydrogen-bond acceptors (Lipinski definition) is 5. The molecular formula is C16H16F3N2O2S. The molecule has 1 aromatic carbocycles. The molecule has 0 spiro atoms. The van der Waals surface area contributed by atoms with E-state index in [1.165, 1.54) is 35.6 Å². The average Bonchev–Trinajstić information content (AvgIpc) is 3.03. The fraction of sp³-hybridized carbons (Fsp3) is 0.438. The number of hydrogen-bond donors (Lipinski definition) is 0. The Morgan fingerprint density at radius 3 is 2.42 bits per heavy atom. The van der Waals surface area contributed by atoms with Crippen molar-refractivity contribution in [1.82, 2.24) is 9.88 Å². The van der Waals surface area contributed by atoms with Crippen LogP contribution in [0.15, 0.2) is 30.5 Å². The van der Waals surface area contributed by atoms with Crippen molar-refractivity contribution in [3.63, 3.8) is 0 Å². The Morgan fingerprint density at radius 2 is 1.83 bits per heavy atom. The van der Waals surface area contributed by atoms with Crippen LogP contribution < -0.4 is 9.47 Å². The largest absolute Gasteiger partial charge is 0.573 e. The summed E-state index contributed by atoms with van der Waals surface area (Å²) in [5.74, 6) is 0.308. The van der Waals surface area contributed by atoms with Crippen LogP contribution in [0.2, 0.25) is 0 Å². The van der Waals surface area contributed by atoms with Crippen LogP contribution in [-0.4, -0.2) is 35.4 Å². The molecule has 0 unspecified atom stereocenters. The van der Waals surface area contributed by atoms with Crippen LogP contribution in [0.3, 0.4) is 0 Å². The third-order valence-corrected chi connectivity index (χ3v) is 4.38. The second kappa shape index (κ2) is 7.40. The van der Waals surface area contributed by atoms with Crippen LogP contribution in [0.1, 0.15) is 17.8 Å². The van der Waals surface area contributed by atoms with E-state index in [0.29, 0.717) is 5.75 Å². The standard InChI is InChI=1S/C16H16F3N2O2S/c17-16(18,19)23-14-3-1-12(2-4-14)22-13-5-8-21(9-6-13)11-15-20-7-10-24-15/h1-4,7,13H,5-6,8-9,11H2. The van der Waals surface area contributed by atoms with Crippen molar-refractivity contribution in [2.75, 3.05) is 13.1 Å². The Labute approximate surface area is 141 Å². The zero-order valence-corrected chi connectivity index (χ0v) is 13.6. The summed E-state index contributed by atoms with van der Waals surface area (Å²) in [5.41, 5.74) is 0. The lowest BCUT2D eigenvalue weighted by molar-refractivity contribution is -0.274. The SMILES string of the molecule is FC(F)(F)Oc1ccc(OC2CCN(Cc3nc[c]s3)CC2)cc1. The summed E-state index contributed by atoms with van der Waals surface area (Å²) in [6.07, 6.45) is -1.18. The molecule has 2 heterocycles. The normalized spacial score (nSPS) is 17.0. The number of nitrogens with zero attached hydrogens (tertiary/aromatic N) is 2. The van der Waals surface area contributed by atoms with Gasteiger partial charge in [-0.1, -0.05) is 0 Å². The van der Waals surface area contributed by atoms with E-state index in [2.05, 4.69) is 20.0 Å². The van der Waals surface area contributed by atoms with Crippen LogP contribution >= 0.6 is 11.3 Å². The Morgan fingerprint density at radius 1 is 1.17 bits per heavy atom. The lowest BCUT2D eigenvalue weighted by Crippen LogP contribution is -2.37. The van der Waals surface area contributed by atoms with Gasteiger partial charge in [-0.2, -0.15) is 0 Å². The minimum atomic E-state index is -4.68. The molecule has 0 N–H and O–H groups in total. The highest BCUT2D eigenvalue weighted by Crippen LogP contribution is 2.26. The summed E-state index contributed by atoms with van der Waals surface area (Å²) in [4.78, 5) is 6.54. The van der Waals surface area contributed by atoms with Gasteiger partial charge in [-0.25, -0.2) is 4.98 Å². The number of likely N-dealkylation sites (tertiary alicyclic amines) is 1. The maximum atomic E-state index is 12.1. The molecule has 129 valence electrons. The molecule has 1 aliphatic rings. The molecule has 0 aliphatic carbocycles. The predicted octanol–water partition coefficient (Wildman–Crippen LogP) is 3.89. The van der Waals surface area contributed by atoms with E-state index in [-0.39, 0.29) is 11.9 Å². The molecule has 4 nitrogen and oxygen atoms in total. The molecule has 0 bridgehead atoms. The molecule has 8 heteroatoms. The number of halogens is 3. The summed E-state index contributed by atoms with van der Waals surface area (Å²) in [6.45, 7) is 2.63. The van der Waals surface area contributed by atoms with E-state index >= 15 is 0 Å². The quantitative estimate of drug-likeness (QED) is 0.813. The predicted molar refractivity (Wildman–Crippen MR) is 83.0 cm³/mol. The highest BCUT2D eigenvalue weighted by molar-refractivity contribution is 7.09. The lowest BCUT2D eigenvalue weighted by Gasteiger charge is -2.31. The molecule has 24 heavy (non-hydrogen) atoms. The first-order chi connectivity index (χ1) is 11.5. The molecule has 1 fully saturated rings. The zero-order chi connectivity index (χ0) is 17.0.